The largest absolute Gasteiger partial charge is 0.504 e. The van der Waals surface area contributed by atoms with Gasteiger partial charge in [-0.05, 0) is 49.4 Å². The molecular weight excluding hydrogens is 444 g/mol. The average molecular weight is 461 g/mol. The smallest absolute Gasteiger partial charge is 0.335 e. The van der Waals surface area contributed by atoms with Crippen molar-refractivity contribution in [2.45, 2.75) is 6.92 Å². The number of phenolic OH excluding ortho intramolecular Hbond substituents is 1. The molecule has 1 heterocycles. The summed E-state index contributed by atoms with van der Waals surface area (Å²) in [7, 11) is 1.49. The highest BCUT2D eigenvalue weighted by Gasteiger charge is 2.37. The van der Waals surface area contributed by atoms with Crippen molar-refractivity contribution >= 4 is 45.5 Å². The van der Waals surface area contributed by atoms with Crippen molar-refractivity contribution in [3.63, 3.8) is 0 Å². The maximum Gasteiger partial charge on any atom is 0.335 e. The van der Waals surface area contributed by atoms with Crippen LogP contribution in [0, 0.1) is 0 Å². The third kappa shape index (κ3) is 4.09. The number of amides is 4. The quantitative estimate of drug-likeness (QED) is 0.524. The number of carbonyl (C=O) groups excluding carboxylic acids is 3. The van der Waals surface area contributed by atoms with Crippen molar-refractivity contribution in [3.05, 3.63) is 52.0 Å². The number of rotatable bonds is 5. The summed E-state index contributed by atoms with van der Waals surface area (Å²) in [4.78, 5) is 38.3. The van der Waals surface area contributed by atoms with Crippen LogP contribution in [-0.2, 0) is 9.59 Å². The molecule has 1 aliphatic rings. The SMILES string of the molecule is CCOc1cc(Br)cc(C=C2C(=O)NC(=O)N(c3ccc(OC)cc3)C2=O)c1O. The van der Waals surface area contributed by atoms with Crippen LogP contribution in [0.2, 0.25) is 0 Å². The minimum atomic E-state index is -0.865. The zero-order valence-corrected chi connectivity index (χ0v) is 17.1. The van der Waals surface area contributed by atoms with Crippen molar-refractivity contribution in [3.8, 4) is 17.2 Å². The molecule has 0 spiro atoms. The molecule has 0 aromatic heterocycles. The predicted octanol–water partition coefficient (Wildman–Crippen LogP) is 3.23. The van der Waals surface area contributed by atoms with Gasteiger partial charge < -0.3 is 14.6 Å². The number of methoxy groups -OCH3 is 1. The number of nitrogens with zero attached hydrogens (tertiary/aromatic N) is 1. The average Bonchev–Trinajstić information content (AvgIpc) is 2.69. The Labute approximate surface area is 174 Å². The topological polar surface area (TPSA) is 105 Å². The number of barbiturate groups is 1. The number of hydrogen-bond acceptors (Lipinski definition) is 6. The van der Waals surface area contributed by atoms with Gasteiger partial charge in [-0.2, -0.15) is 0 Å². The lowest BCUT2D eigenvalue weighted by Gasteiger charge is -2.26. The van der Waals surface area contributed by atoms with Crippen LogP contribution in [0.15, 0.2) is 46.4 Å². The summed E-state index contributed by atoms with van der Waals surface area (Å²) in [5, 5.41) is 12.5. The summed E-state index contributed by atoms with van der Waals surface area (Å²) in [6.07, 6.45) is 1.21. The highest BCUT2D eigenvalue weighted by molar-refractivity contribution is 9.10. The summed E-state index contributed by atoms with van der Waals surface area (Å²) < 4.78 is 11.0. The van der Waals surface area contributed by atoms with Crippen LogP contribution in [0.4, 0.5) is 10.5 Å². The lowest BCUT2D eigenvalue weighted by Crippen LogP contribution is -2.54. The lowest BCUT2D eigenvalue weighted by molar-refractivity contribution is -0.122. The molecule has 0 aliphatic carbocycles. The van der Waals surface area contributed by atoms with Crippen molar-refractivity contribution in [1.29, 1.82) is 0 Å². The minimum absolute atomic E-state index is 0.186. The van der Waals surface area contributed by atoms with Crippen LogP contribution in [0.5, 0.6) is 17.2 Å². The highest BCUT2D eigenvalue weighted by Crippen LogP contribution is 2.36. The second-order valence-electron chi connectivity index (χ2n) is 5.93. The van der Waals surface area contributed by atoms with Crippen LogP contribution < -0.4 is 19.7 Å². The van der Waals surface area contributed by atoms with Gasteiger partial charge in [0.2, 0.25) is 0 Å². The van der Waals surface area contributed by atoms with E-state index in [2.05, 4.69) is 21.2 Å². The fraction of sp³-hybridized carbons (Fsp3) is 0.150. The molecule has 1 fully saturated rings. The molecule has 0 atom stereocenters. The van der Waals surface area contributed by atoms with Crippen LogP contribution in [0.25, 0.3) is 6.08 Å². The van der Waals surface area contributed by atoms with Gasteiger partial charge in [-0.15, -0.1) is 0 Å². The molecule has 8 nitrogen and oxygen atoms in total. The molecule has 1 saturated heterocycles. The lowest BCUT2D eigenvalue weighted by atomic mass is 10.1. The van der Waals surface area contributed by atoms with E-state index in [0.717, 1.165) is 4.90 Å². The Bertz CT molecular complexity index is 1020. The molecule has 4 amide bonds. The number of halogens is 1. The second kappa shape index (κ2) is 8.36. The third-order valence-corrected chi connectivity index (χ3v) is 4.56. The van der Waals surface area contributed by atoms with E-state index in [1.807, 2.05) is 0 Å². The molecule has 29 heavy (non-hydrogen) atoms. The summed E-state index contributed by atoms with van der Waals surface area (Å²) in [5.41, 5.74) is 0.141. The van der Waals surface area contributed by atoms with Crippen molar-refractivity contribution in [2.24, 2.45) is 0 Å². The number of carbonyl (C=O) groups is 3. The number of aromatic hydroxyl groups is 1. The number of anilines is 1. The Balaban J connectivity index is 2.03. The highest BCUT2D eigenvalue weighted by atomic mass is 79.9. The first-order valence-corrected chi connectivity index (χ1v) is 9.35. The Morgan fingerprint density at radius 3 is 2.48 bits per heavy atom. The summed E-state index contributed by atoms with van der Waals surface area (Å²) in [6.45, 7) is 2.08. The van der Waals surface area contributed by atoms with Crippen LogP contribution in [-0.4, -0.2) is 36.7 Å². The number of imide groups is 2. The third-order valence-electron chi connectivity index (χ3n) is 4.10. The first-order valence-electron chi connectivity index (χ1n) is 8.56. The molecular formula is C20H17BrN2O6. The standard InChI is InChI=1S/C20H17BrN2O6/c1-3-29-16-10-12(21)8-11(17(16)24)9-15-18(25)22-20(27)23(19(15)26)13-4-6-14(28-2)7-5-13/h4-10,24H,3H2,1-2H3,(H,22,25,27). The van der Waals surface area contributed by atoms with Crippen LogP contribution in [0.3, 0.4) is 0 Å². The van der Waals surface area contributed by atoms with Crippen molar-refractivity contribution < 1.29 is 29.0 Å². The van der Waals surface area contributed by atoms with Gasteiger partial charge in [0.15, 0.2) is 11.5 Å². The van der Waals surface area contributed by atoms with Gasteiger partial charge in [0.25, 0.3) is 11.8 Å². The maximum atomic E-state index is 12.9. The molecule has 0 radical (unpaired) electrons. The molecule has 150 valence electrons. The molecule has 2 aromatic rings. The first kappa shape index (κ1) is 20.4. The van der Waals surface area contributed by atoms with Gasteiger partial charge in [-0.25, -0.2) is 9.69 Å². The van der Waals surface area contributed by atoms with Crippen molar-refractivity contribution in [1.82, 2.24) is 5.32 Å². The van der Waals surface area contributed by atoms with Crippen molar-refractivity contribution in [2.75, 3.05) is 18.6 Å². The van der Waals surface area contributed by atoms with E-state index in [4.69, 9.17) is 9.47 Å². The van der Waals surface area contributed by atoms with Gasteiger partial charge in [-0.1, -0.05) is 15.9 Å². The Morgan fingerprint density at radius 1 is 1.17 bits per heavy atom. The van der Waals surface area contributed by atoms with Gasteiger partial charge in [0.05, 0.1) is 19.4 Å². The Hall–Kier alpha value is -3.33. The molecule has 3 rings (SSSR count). The first-order chi connectivity index (χ1) is 13.8. The second-order valence-corrected chi connectivity index (χ2v) is 6.85. The van der Waals surface area contributed by atoms with Gasteiger partial charge in [-0.3, -0.25) is 14.9 Å². The zero-order valence-electron chi connectivity index (χ0n) is 15.6. The van der Waals surface area contributed by atoms with E-state index in [-0.39, 0.29) is 28.3 Å². The summed E-state index contributed by atoms with van der Waals surface area (Å²) in [5.74, 6) is -1.16. The normalized spacial score (nSPS) is 15.5. The van der Waals surface area contributed by atoms with Crippen LogP contribution in [0.1, 0.15) is 12.5 Å². The van der Waals surface area contributed by atoms with Crippen LogP contribution >= 0.6 is 15.9 Å². The fourth-order valence-electron chi connectivity index (χ4n) is 2.75. The zero-order chi connectivity index (χ0) is 21.1. The number of nitrogens with one attached hydrogen (secondary N) is 1. The maximum absolute atomic E-state index is 12.9. The van der Waals surface area contributed by atoms with Gasteiger partial charge in [0, 0.05) is 10.0 Å². The number of ether oxygens (including phenoxy) is 2. The molecule has 0 unspecified atom stereocenters. The number of benzene rings is 2. The molecule has 1 aliphatic heterocycles. The summed E-state index contributed by atoms with van der Waals surface area (Å²) >= 11 is 3.30. The van der Waals surface area contributed by atoms with E-state index < -0.39 is 17.8 Å². The predicted molar refractivity (Wildman–Crippen MR) is 109 cm³/mol. The van der Waals surface area contributed by atoms with E-state index in [1.54, 1.807) is 25.1 Å². The summed E-state index contributed by atoms with van der Waals surface area (Å²) in [6, 6.07) is 8.45. The molecule has 9 heteroatoms. The number of phenols is 1. The molecule has 2 aromatic carbocycles. The van der Waals surface area contributed by atoms with Gasteiger partial charge in [0.1, 0.15) is 11.3 Å². The molecule has 0 saturated carbocycles. The van der Waals surface area contributed by atoms with E-state index >= 15 is 0 Å². The van der Waals surface area contributed by atoms with E-state index in [9.17, 15) is 19.5 Å². The van der Waals surface area contributed by atoms with E-state index in [1.165, 1.54) is 31.4 Å². The molecule has 2 N–H and O–H groups in total. The fourth-order valence-corrected chi connectivity index (χ4v) is 3.20. The number of urea groups is 1. The molecule has 0 bridgehead atoms. The van der Waals surface area contributed by atoms with Gasteiger partial charge >= 0.3 is 6.03 Å². The van der Waals surface area contributed by atoms with E-state index in [0.29, 0.717) is 16.8 Å². The Kier molecular flexibility index (Phi) is 5.88. The minimum Gasteiger partial charge on any atom is -0.504 e. The Morgan fingerprint density at radius 2 is 1.86 bits per heavy atom. The number of hydrogen-bond donors (Lipinski definition) is 2. The monoisotopic (exact) mass is 460 g/mol.